The van der Waals surface area contributed by atoms with Crippen LogP contribution >= 0.6 is 0 Å². The predicted molar refractivity (Wildman–Crippen MR) is 72.6 cm³/mol. The molecule has 1 aliphatic carbocycles. The van der Waals surface area contributed by atoms with Gasteiger partial charge in [0, 0.05) is 31.5 Å². The molecule has 0 spiro atoms. The number of morpholine rings is 1. The third kappa shape index (κ3) is 3.55. The first kappa shape index (κ1) is 14.0. The SMILES string of the molecule is CCCC1CCC(=O)C(CN2CCOCC2C)C1. The van der Waals surface area contributed by atoms with Gasteiger partial charge in [0.2, 0.25) is 0 Å². The lowest BCUT2D eigenvalue weighted by atomic mass is 9.78. The van der Waals surface area contributed by atoms with Crippen molar-refractivity contribution in [2.75, 3.05) is 26.3 Å². The first-order chi connectivity index (χ1) is 8.70. The zero-order valence-electron chi connectivity index (χ0n) is 11.9. The molecular weight excluding hydrogens is 226 g/mol. The number of rotatable bonds is 4. The van der Waals surface area contributed by atoms with Gasteiger partial charge in [0.05, 0.1) is 13.2 Å². The summed E-state index contributed by atoms with van der Waals surface area (Å²) in [6.07, 6.45) is 5.61. The van der Waals surface area contributed by atoms with E-state index in [-0.39, 0.29) is 5.92 Å². The molecule has 2 aliphatic rings. The van der Waals surface area contributed by atoms with Crippen LogP contribution in [0.3, 0.4) is 0 Å². The van der Waals surface area contributed by atoms with Gasteiger partial charge in [-0.15, -0.1) is 0 Å². The predicted octanol–water partition coefficient (Wildman–Crippen LogP) is 2.49. The fourth-order valence-electron chi connectivity index (χ4n) is 3.36. The summed E-state index contributed by atoms with van der Waals surface area (Å²) >= 11 is 0. The molecule has 2 fully saturated rings. The molecule has 104 valence electrons. The second-order valence-electron chi connectivity index (χ2n) is 6.01. The lowest BCUT2D eigenvalue weighted by Gasteiger charge is -2.37. The van der Waals surface area contributed by atoms with Crippen LogP contribution in [0, 0.1) is 11.8 Å². The van der Waals surface area contributed by atoms with E-state index in [0.717, 1.165) is 51.5 Å². The van der Waals surface area contributed by atoms with E-state index in [2.05, 4.69) is 18.7 Å². The van der Waals surface area contributed by atoms with Crippen molar-refractivity contribution in [1.29, 1.82) is 0 Å². The average Bonchev–Trinajstić information content (AvgIpc) is 2.36. The van der Waals surface area contributed by atoms with Crippen LogP contribution in [0.25, 0.3) is 0 Å². The number of hydrogen-bond donors (Lipinski definition) is 0. The van der Waals surface area contributed by atoms with Crippen LogP contribution < -0.4 is 0 Å². The Balaban J connectivity index is 1.87. The van der Waals surface area contributed by atoms with Gasteiger partial charge in [-0.05, 0) is 25.7 Å². The molecule has 1 heterocycles. The average molecular weight is 253 g/mol. The molecule has 0 bridgehead atoms. The number of ketones is 1. The maximum absolute atomic E-state index is 12.1. The highest BCUT2D eigenvalue weighted by Gasteiger charge is 2.31. The van der Waals surface area contributed by atoms with Crippen LogP contribution in [-0.2, 0) is 9.53 Å². The number of carbonyl (C=O) groups is 1. The highest BCUT2D eigenvalue weighted by molar-refractivity contribution is 5.81. The van der Waals surface area contributed by atoms with Gasteiger partial charge >= 0.3 is 0 Å². The molecule has 1 saturated carbocycles. The van der Waals surface area contributed by atoms with Crippen molar-refractivity contribution in [3.63, 3.8) is 0 Å². The Morgan fingerprint density at radius 2 is 2.28 bits per heavy atom. The number of Topliss-reactive ketones (excluding diaryl/α,β-unsaturated/α-hetero) is 1. The summed E-state index contributed by atoms with van der Waals surface area (Å²) < 4.78 is 5.46. The summed E-state index contributed by atoms with van der Waals surface area (Å²) in [5, 5.41) is 0. The molecule has 3 atom stereocenters. The zero-order chi connectivity index (χ0) is 13.0. The van der Waals surface area contributed by atoms with Crippen LogP contribution in [0.4, 0.5) is 0 Å². The zero-order valence-corrected chi connectivity index (χ0v) is 11.9. The Morgan fingerprint density at radius 1 is 1.44 bits per heavy atom. The van der Waals surface area contributed by atoms with E-state index in [4.69, 9.17) is 4.74 Å². The van der Waals surface area contributed by atoms with Crippen LogP contribution in [0.5, 0.6) is 0 Å². The van der Waals surface area contributed by atoms with Gasteiger partial charge in [-0.25, -0.2) is 0 Å². The smallest absolute Gasteiger partial charge is 0.137 e. The van der Waals surface area contributed by atoms with Crippen molar-refractivity contribution in [2.45, 2.75) is 52.0 Å². The van der Waals surface area contributed by atoms with Gasteiger partial charge in [-0.1, -0.05) is 19.8 Å². The van der Waals surface area contributed by atoms with Crippen LogP contribution in [-0.4, -0.2) is 43.0 Å². The second-order valence-corrected chi connectivity index (χ2v) is 6.01. The highest BCUT2D eigenvalue weighted by Crippen LogP contribution is 2.30. The minimum absolute atomic E-state index is 0.288. The normalized spacial score (nSPS) is 34.8. The number of ether oxygens (including phenoxy) is 1. The topological polar surface area (TPSA) is 29.5 Å². The summed E-state index contributed by atoms with van der Waals surface area (Å²) in [6, 6.07) is 0.470. The number of hydrogen-bond acceptors (Lipinski definition) is 3. The summed E-state index contributed by atoms with van der Waals surface area (Å²) in [7, 11) is 0. The van der Waals surface area contributed by atoms with Gasteiger partial charge in [-0.2, -0.15) is 0 Å². The number of carbonyl (C=O) groups excluding carboxylic acids is 1. The minimum Gasteiger partial charge on any atom is -0.379 e. The molecule has 0 aromatic rings. The van der Waals surface area contributed by atoms with E-state index in [1.807, 2.05) is 0 Å². The van der Waals surface area contributed by atoms with Crippen molar-refractivity contribution in [2.24, 2.45) is 11.8 Å². The van der Waals surface area contributed by atoms with Crippen molar-refractivity contribution < 1.29 is 9.53 Å². The largest absolute Gasteiger partial charge is 0.379 e. The van der Waals surface area contributed by atoms with E-state index in [0.29, 0.717) is 11.8 Å². The van der Waals surface area contributed by atoms with Gasteiger partial charge in [0.15, 0.2) is 0 Å². The quantitative estimate of drug-likeness (QED) is 0.771. The maximum Gasteiger partial charge on any atom is 0.137 e. The molecule has 1 aliphatic heterocycles. The fraction of sp³-hybridized carbons (Fsp3) is 0.933. The molecule has 0 amide bonds. The number of nitrogens with zero attached hydrogens (tertiary/aromatic N) is 1. The Labute approximate surface area is 111 Å². The Morgan fingerprint density at radius 3 is 3.00 bits per heavy atom. The molecule has 18 heavy (non-hydrogen) atoms. The van der Waals surface area contributed by atoms with E-state index in [1.54, 1.807) is 0 Å². The molecule has 0 N–H and O–H groups in total. The Hall–Kier alpha value is -0.410. The van der Waals surface area contributed by atoms with Crippen molar-refractivity contribution in [3.05, 3.63) is 0 Å². The molecule has 1 saturated heterocycles. The van der Waals surface area contributed by atoms with Crippen molar-refractivity contribution >= 4 is 5.78 Å². The summed E-state index contributed by atoms with van der Waals surface area (Å²) in [5.74, 6) is 1.57. The van der Waals surface area contributed by atoms with Crippen molar-refractivity contribution in [3.8, 4) is 0 Å². The molecule has 2 rings (SSSR count). The van der Waals surface area contributed by atoms with E-state index >= 15 is 0 Å². The Bertz CT molecular complexity index is 280. The van der Waals surface area contributed by atoms with Gasteiger partial charge < -0.3 is 4.74 Å². The Kier molecular flexibility index (Phi) is 5.19. The summed E-state index contributed by atoms with van der Waals surface area (Å²) in [6.45, 7) is 8.04. The van der Waals surface area contributed by atoms with Gasteiger partial charge in [-0.3, -0.25) is 9.69 Å². The first-order valence-corrected chi connectivity index (χ1v) is 7.55. The molecule has 0 aromatic heterocycles. The lowest BCUT2D eigenvalue weighted by molar-refractivity contribution is -0.127. The van der Waals surface area contributed by atoms with E-state index in [1.165, 1.54) is 12.8 Å². The molecule has 0 aromatic carbocycles. The third-order valence-electron chi connectivity index (χ3n) is 4.53. The molecule has 3 unspecified atom stereocenters. The first-order valence-electron chi connectivity index (χ1n) is 7.55. The highest BCUT2D eigenvalue weighted by atomic mass is 16.5. The monoisotopic (exact) mass is 253 g/mol. The van der Waals surface area contributed by atoms with Gasteiger partial charge in [0.1, 0.15) is 5.78 Å². The van der Waals surface area contributed by atoms with E-state index < -0.39 is 0 Å². The molecular formula is C15H27NO2. The fourth-order valence-corrected chi connectivity index (χ4v) is 3.36. The van der Waals surface area contributed by atoms with Crippen LogP contribution in [0.15, 0.2) is 0 Å². The van der Waals surface area contributed by atoms with Crippen LogP contribution in [0.1, 0.15) is 46.0 Å². The van der Waals surface area contributed by atoms with E-state index in [9.17, 15) is 4.79 Å². The second kappa shape index (κ2) is 6.67. The van der Waals surface area contributed by atoms with Crippen LogP contribution in [0.2, 0.25) is 0 Å². The molecule has 0 radical (unpaired) electrons. The lowest BCUT2D eigenvalue weighted by Crippen LogP contribution is -2.47. The third-order valence-corrected chi connectivity index (χ3v) is 4.53. The standard InChI is InChI=1S/C15H27NO2/c1-3-4-13-5-6-15(17)14(9-13)10-16-7-8-18-11-12(16)2/h12-14H,3-11H2,1-2H3. The summed E-state index contributed by atoms with van der Waals surface area (Å²) in [5.41, 5.74) is 0. The van der Waals surface area contributed by atoms with Crippen molar-refractivity contribution in [1.82, 2.24) is 4.90 Å². The summed E-state index contributed by atoms with van der Waals surface area (Å²) in [4.78, 5) is 14.5. The molecule has 3 heteroatoms. The minimum atomic E-state index is 0.288. The maximum atomic E-state index is 12.1. The molecule has 3 nitrogen and oxygen atoms in total. The van der Waals surface area contributed by atoms with Gasteiger partial charge in [0.25, 0.3) is 0 Å².